The van der Waals surface area contributed by atoms with Gasteiger partial charge in [0.25, 0.3) is 0 Å². The highest BCUT2D eigenvalue weighted by Crippen LogP contribution is 2.09. The number of nitrogens with zero attached hydrogens (tertiary/aromatic N) is 2. The molecule has 70 valence electrons. The number of hydrogen-bond donors (Lipinski definition) is 2. The van der Waals surface area contributed by atoms with Crippen LogP contribution in [0.5, 0.6) is 0 Å². The van der Waals surface area contributed by atoms with Crippen LogP contribution >= 0.6 is 0 Å². The Bertz CT molecular complexity index is 182. The van der Waals surface area contributed by atoms with Crippen LogP contribution in [-0.4, -0.2) is 36.2 Å². The Morgan fingerprint density at radius 3 is 2.83 bits per heavy atom. The number of hydrazone groups is 1. The van der Waals surface area contributed by atoms with Crippen LogP contribution in [0.1, 0.15) is 13.8 Å². The Balaban J connectivity index is 2.60. The third-order valence-electron chi connectivity index (χ3n) is 2.03. The summed E-state index contributed by atoms with van der Waals surface area (Å²) < 4.78 is 5.42. The molecule has 0 radical (unpaired) electrons. The van der Waals surface area contributed by atoms with Gasteiger partial charge in [0.1, 0.15) is 0 Å². The standard InChI is InChI=1S/C7H16N4O/c1-5-4-12-6(2)3-11(5)7(8)10-9/h5-6H,3-4,9H2,1-2H3,(H2,8,10). The molecule has 1 aliphatic rings. The van der Waals surface area contributed by atoms with Gasteiger partial charge in [0.2, 0.25) is 5.96 Å². The van der Waals surface area contributed by atoms with Crippen molar-refractivity contribution in [3.05, 3.63) is 0 Å². The molecule has 1 fully saturated rings. The van der Waals surface area contributed by atoms with Gasteiger partial charge in [0, 0.05) is 6.54 Å². The van der Waals surface area contributed by atoms with Crippen molar-refractivity contribution in [1.82, 2.24) is 4.90 Å². The second kappa shape index (κ2) is 3.62. The van der Waals surface area contributed by atoms with Crippen LogP contribution in [-0.2, 0) is 4.74 Å². The first-order valence-corrected chi connectivity index (χ1v) is 4.06. The van der Waals surface area contributed by atoms with Crippen LogP contribution in [0.2, 0.25) is 0 Å². The van der Waals surface area contributed by atoms with E-state index in [1.165, 1.54) is 0 Å². The summed E-state index contributed by atoms with van der Waals surface area (Å²) in [6.07, 6.45) is 0.196. The van der Waals surface area contributed by atoms with Gasteiger partial charge in [-0.2, -0.15) is 0 Å². The Kier molecular flexibility index (Phi) is 2.75. The lowest BCUT2D eigenvalue weighted by atomic mass is 10.2. The molecule has 0 saturated carbocycles. The molecule has 0 aromatic carbocycles. The summed E-state index contributed by atoms with van der Waals surface area (Å²) in [5.41, 5.74) is 5.60. The molecular weight excluding hydrogens is 156 g/mol. The average Bonchev–Trinajstić information content (AvgIpc) is 2.08. The van der Waals surface area contributed by atoms with Gasteiger partial charge in [-0.25, -0.2) is 0 Å². The lowest BCUT2D eigenvalue weighted by Crippen LogP contribution is -2.53. The minimum Gasteiger partial charge on any atom is -0.375 e. The van der Waals surface area contributed by atoms with E-state index in [1.807, 2.05) is 18.7 Å². The first-order chi connectivity index (χ1) is 5.65. The van der Waals surface area contributed by atoms with Crippen molar-refractivity contribution in [2.24, 2.45) is 16.7 Å². The van der Waals surface area contributed by atoms with Crippen molar-refractivity contribution in [2.45, 2.75) is 26.0 Å². The number of nitrogens with two attached hydrogens (primary N) is 2. The second-order valence-electron chi connectivity index (χ2n) is 3.13. The van der Waals surface area contributed by atoms with E-state index in [0.717, 1.165) is 6.54 Å². The van der Waals surface area contributed by atoms with Crippen molar-refractivity contribution in [3.63, 3.8) is 0 Å². The van der Waals surface area contributed by atoms with Gasteiger partial charge in [-0.1, -0.05) is 0 Å². The fourth-order valence-electron chi connectivity index (χ4n) is 1.30. The number of ether oxygens (including phenoxy) is 1. The maximum absolute atomic E-state index is 5.60. The molecule has 2 unspecified atom stereocenters. The monoisotopic (exact) mass is 172 g/mol. The fraction of sp³-hybridized carbons (Fsp3) is 0.857. The minimum atomic E-state index is 0.196. The zero-order valence-electron chi connectivity index (χ0n) is 7.53. The van der Waals surface area contributed by atoms with E-state index in [-0.39, 0.29) is 12.1 Å². The summed E-state index contributed by atoms with van der Waals surface area (Å²) in [7, 11) is 0. The van der Waals surface area contributed by atoms with Crippen LogP contribution in [0.4, 0.5) is 0 Å². The maximum Gasteiger partial charge on any atom is 0.213 e. The molecule has 2 atom stereocenters. The van der Waals surface area contributed by atoms with E-state index < -0.39 is 0 Å². The quantitative estimate of drug-likeness (QED) is 0.219. The van der Waals surface area contributed by atoms with Crippen LogP contribution in [0, 0.1) is 0 Å². The normalized spacial score (nSPS) is 32.2. The molecule has 5 nitrogen and oxygen atoms in total. The summed E-state index contributed by atoms with van der Waals surface area (Å²) in [4.78, 5) is 1.95. The van der Waals surface area contributed by atoms with E-state index in [0.29, 0.717) is 12.6 Å². The van der Waals surface area contributed by atoms with Crippen LogP contribution in [0.3, 0.4) is 0 Å². The van der Waals surface area contributed by atoms with Crippen molar-refractivity contribution in [3.8, 4) is 0 Å². The van der Waals surface area contributed by atoms with Crippen molar-refractivity contribution >= 4 is 5.96 Å². The average molecular weight is 172 g/mol. The maximum atomic E-state index is 5.60. The predicted octanol–water partition coefficient (Wildman–Crippen LogP) is -0.716. The third kappa shape index (κ3) is 1.79. The predicted molar refractivity (Wildman–Crippen MR) is 47.4 cm³/mol. The first-order valence-electron chi connectivity index (χ1n) is 4.06. The fourth-order valence-corrected chi connectivity index (χ4v) is 1.30. The first kappa shape index (κ1) is 9.12. The molecule has 12 heavy (non-hydrogen) atoms. The van der Waals surface area contributed by atoms with Gasteiger partial charge in [0.15, 0.2) is 0 Å². The number of rotatable bonds is 0. The summed E-state index contributed by atoms with van der Waals surface area (Å²) in [5, 5.41) is 3.46. The van der Waals surface area contributed by atoms with Crippen LogP contribution in [0.25, 0.3) is 0 Å². The molecule has 0 aromatic rings. The minimum absolute atomic E-state index is 0.196. The molecule has 0 bridgehead atoms. The zero-order chi connectivity index (χ0) is 9.14. The van der Waals surface area contributed by atoms with Gasteiger partial charge < -0.3 is 21.2 Å². The summed E-state index contributed by atoms with van der Waals surface area (Å²) >= 11 is 0. The molecule has 1 rings (SSSR count). The van der Waals surface area contributed by atoms with Crippen molar-refractivity contribution in [1.29, 1.82) is 0 Å². The summed E-state index contributed by atoms with van der Waals surface area (Å²) in [5.74, 6) is 5.48. The lowest BCUT2D eigenvalue weighted by Gasteiger charge is -2.37. The lowest BCUT2D eigenvalue weighted by molar-refractivity contribution is -0.0228. The van der Waals surface area contributed by atoms with Crippen molar-refractivity contribution in [2.75, 3.05) is 13.2 Å². The Morgan fingerprint density at radius 2 is 2.25 bits per heavy atom. The molecule has 0 aliphatic carbocycles. The molecule has 1 heterocycles. The van der Waals surface area contributed by atoms with Gasteiger partial charge >= 0.3 is 0 Å². The van der Waals surface area contributed by atoms with E-state index >= 15 is 0 Å². The highest BCUT2D eigenvalue weighted by Gasteiger charge is 2.24. The van der Waals surface area contributed by atoms with E-state index in [4.69, 9.17) is 16.3 Å². The van der Waals surface area contributed by atoms with E-state index in [1.54, 1.807) is 0 Å². The van der Waals surface area contributed by atoms with Crippen LogP contribution < -0.4 is 11.6 Å². The summed E-state index contributed by atoms with van der Waals surface area (Å²) in [6, 6.07) is 0.258. The number of guanidine groups is 1. The van der Waals surface area contributed by atoms with Crippen LogP contribution in [0.15, 0.2) is 5.10 Å². The SMILES string of the molecule is CC1CN(C(N)=NN)C(C)CO1. The Labute approximate surface area is 72.3 Å². The molecule has 1 aliphatic heterocycles. The summed E-state index contributed by atoms with van der Waals surface area (Å²) in [6.45, 7) is 5.47. The zero-order valence-corrected chi connectivity index (χ0v) is 7.53. The molecule has 1 saturated heterocycles. The molecule has 0 amide bonds. The smallest absolute Gasteiger partial charge is 0.213 e. The van der Waals surface area contributed by atoms with Gasteiger partial charge in [-0.3, -0.25) is 0 Å². The molecule has 4 N–H and O–H groups in total. The Hall–Kier alpha value is -0.970. The highest BCUT2D eigenvalue weighted by atomic mass is 16.5. The molecule has 0 spiro atoms. The van der Waals surface area contributed by atoms with Crippen molar-refractivity contribution < 1.29 is 4.74 Å². The molecule has 0 aromatic heterocycles. The third-order valence-corrected chi connectivity index (χ3v) is 2.03. The van der Waals surface area contributed by atoms with Gasteiger partial charge in [-0.15, -0.1) is 5.10 Å². The molecule has 5 heteroatoms. The second-order valence-corrected chi connectivity index (χ2v) is 3.13. The molecular formula is C7H16N4O. The number of hydrogen-bond acceptors (Lipinski definition) is 3. The Morgan fingerprint density at radius 1 is 1.58 bits per heavy atom. The van der Waals surface area contributed by atoms with E-state index in [2.05, 4.69) is 5.10 Å². The highest BCUT2D eigenvalue weighted by molar-refractivity contribution is 5.78. The topological polar surface area (TPSA) is 76.9 Å². The van der Waals surface area contributed by atoms with Gasteiger partial charge in [0.05, 0.1) is 18.8 Å². The number of morpholine rings is 1. The van der Waals surface area contributed by atoms with Gasteiger partial charge in [-0.05, 0) is 13.8 Å². The van der Waals surface area contributed by atoms with E-state index in [9.17, 15) is 0 Å². The largest absolute Gasteiger partial charge is 0.375 e.